The van der Waals surface area contributed by atoms with E-state index in [2.05, 4.69) is 20.3 Å². The van der Waals surface area contributed by atoms with Gasteiger partial charge in [-0.3, -0.25) is 4.79 Å². The lowest BCUT2D eigenvalue weighted by Gasteiger charge is -2.08. The summed E-state index contributed by atoms with van der Waals surface area (Å²) in [4.78, 5) is 21.6. The number of anilines is 1. The summed E-state index contributed by atoms with van der Waals surface area (Å²) < 4.78 is 4.44. The summed E-state index contributed by atoms with van der Waals surface area (Å²) in [6.07, 6.45) is 0. The third kappa shape index (κ3) is 2.91. The lowest BCUT2D eigenvalue weighted by Crippen LogP contribution is -2.26. The van der Waals surface area contributed by atoms with Gasteiger partial charge in [-0.25, -0.2) is 4.79 Å². The predicted molar refractivity (Wildman–Crippen MR) is 54.1 cm³/mol. The fourth-order valence-electron chi connectivity index (χ4n) is 0.906. The number of methoxy groups -OCH3 is 1. The SMILES string of the molecule is COC(=O)c1ccc(N[C@H](C)C(=O)O)nn1. The highest BCUT2D eigenvalue weighted by Crippen LogP contribution is 2.04. The van der Waals surface area contributed by atoms with E-state index >= 15 is 0 Å². The van der Waals surface area contributed by atoms with E-state index in [0.717, 1.165) is 0 Å². The van der Waals surface area contributed by atoms with Gasteiger partial charge < -0.3 is 15.2 Å². The standard InChI is InChI=1S/C9H11N3O4/c1-5(8(13)14)10-7-4-3-6(11-12-7)9(15)16-2/h3-5H,1-2H3,(H,10,12)(H,13,14)/t5-/m1/s1. The minimum atomic E-state index is -1.00. The first-order chi connectivity index (χ1) is 7.54. The van der Waals surface area contributed by atoms with E-state index in [4.69, 9.17) is 5.11 Å². The van der Waals surface area contributed by atoms with Gasteiger partial charge in [0, 0.05) is 0 Å². The van der Waals surface area contributed by atoms with E-state index in [1.54, 1.807) is 0 Å². The highest BCUT2D eigenvalue weighted by molar-refractivity contribution is 5.87. The first-order valence-electron chi connectivity index (χ1n) is 4.46. The lowest BCUT2D eigenvalue weighted by molar-refractivity contribution is -0.137. The normalized spacial score (nSPS) is 11.6. The molecule has 0 bridgehead atoms. The summed E-state index contributed by atoms with van der Waals surface area (Å²) in [5.41, 5.74) is 0.0658. The molecule has 7 heteroatoms. The maximum atomic E-state index is 11.0. The van der Waals surface area contributed by atoms with E-state index in [0.29, 0.717) is 0 Å². The van der Waals surface area contributed by atoms with Gasteiger partial charge in [0.2, 0.25) is 0 Å². The highest BCUT2D eigenvalue weighted by atomic mass is 16.5. The molecule has 2 N–H and O–H groups in total. The molecule has 0 aliphatic rings. The maximum absolute atomic E-state index is 11.0. The van der Waals surface area contributed by atoms with Gasteiger partial charge in [-0.15, -0.1) is 10.2 Å². The summed E-state index contributed by atoms with van der Waals surface area (Å²) in [7, 11) is 1.24. The van der Waals surface area contributed by atoms with Gasteiger partial charge in [0.15, 0.2) is 5.69 Å². The number of nitrogens with zero attached hydrogens (tertiary/aromatic N) is 2. The van der Waals surface area contributed by atoms with Gasteiger partial charge in [-0.2, -0.15) is 0 Å². The number of hydrogen-bond donors (Lipinski definition) is 2. The molecule has 16 heavy (non-hydrogen) atoms. The first-order valence-corrected chi connectivity index (χ1v) is 4.46. The third-order valence-corrected chi connectivity index (χ3v) is 1.79. The Hall–Kier alpha value is -2.18. The average molecular weight is 225 g/mol. The van der Waals surface area contributed by atoms with Crippen LogP contribution in [-0.4, -0.2) is 40.4 Å². The van der Waals surface area contributed by atoms with Gasteiger partial charge in [-0.05, 0) is 19.1 Å². The quantitative estimate of drug-likeness (QED) is 0.703. The van der Waals surface area contributed by atoms with Crippen LogP contribution in [0.1, 0.15) is 17.4 Å². The molecule has 0 amide bonds. The fraction of sp³-hybridized carbons (Fsp3) is 0.333. The largest absolute Gasteiger partial charge is 0.480 e. The summed E-state index contributed by atoms with van der Waals surface area (Å²) in [6, 6.07) is 2.08. The zero-order valence-corrected chi connectivity index (χ0v) is 8.80. The lowest BCUT2D eigenvalue weighted by atomic mass is 10.3. The van der Waals surface area contributed by atoms with Crippen molar-refractivity contribution in [2.75, 3.05) is 12.4 Å². The predicted octanol–water partition coefficient (Wildman–Crippen LogP) is 0.148. The van der Waals surface area contributed by atoms with Gasteiger partial charge in [0.05, 0.1) is 7.11 Å². The minimum Gasteiger partial charge on any atom is -0.480 e. The number of aromatic nitrogens is 2. The van der Waals surface area contributed by atoms with Crippen molar-refractivity contribution in [1.29, 1.82) is 0 Å². The first kappa shape index (κ1) is 11.9. The Morgan fingerprint density at radius 1 is 1.44 bits per heavy atom. The van der Waals surface area contributed by atoms with Crippen LogP contribution in [0.15, 0.2) is 12.1 Å². The average Bonchev–Trinajstić information content (AvgIpc) is 2.28. The van der Waals surface area contributed by atoms with Crippen molar-refractivity contribution in [3.8, 4) is 0 Å². The molecule has 0 unspecified atom stereocenters. The van der Waals surface area contributed by atoms with Crippen molar-refractivity contribution in [1.82, 2.24) is 10.2 Å². The molecule has 1 rings (SSSR count). The summed E-state index contributed by atoms with van der Waals surface area (Å²) >= 11 is 0. The van der Waals surface area contributed by atoms with E-state index < -0.39 is 18.0 Å². The van der Waals surface area contributed by atoms with Crippen molar-refractivity contribution in [2.45, 2.75) is 13.0 Å². The molecular weight excluding hydrogens is 214 g/mol. The van der Waals surface area contributed by atoms with E-state index in [1.165, 1.54) is 26.2 Å². The van der Waals surface area contributed by atoms with Crippen molar-refractivity contribution in [2.24, 2.45) is 0 Å². The molecule has 0 aliphatic carbocycles. The number of aliphatic carboxylic acids is 1. The molecule has 0 saturated carbocycles. The Morgan fingerprint density at radius 2 is 2.12 bits per heavy atom. The molecule has 0 saturated heterocycles. The van der Waals surface area contributed by atoms with Crippen LogP contribution in [0.4, 0.5) is 5.82 Å². The van der Waals surface area contributed by atoms with Crippen molar-refractivity contribution in [3.63, 3.8) is 0 Å². The maximum Gasteiger partial charge on any atom is 0.358 e. The second-order valence-electron chi connectivity index (χ2n) is 3.00. The van der Waals surface area contributed by atoms with Crippen LogP contribution in [0.25, 0.3) is 0 Å². The molecule has 1 aromatic rings. The third-order valence-electron chi connectivity index (χ3n) is 1.79. The molecule has 1 atom stereocenters. The molecule has 0 aromatic carbocycles. The molecule has 1 heterocycles. The Kier molecular flexibility index (Phi) is 3.76. The van der Waals surface area contributed by atoms with Crippen LogP contribution >= 0.6 is 0 Å². The second-order valence-corrected chi connectivity index (χ2v) is 3.00. The van der Waals surface area contributed by atoms with Gasteiger partial charge in [0.1, 0.15) is 11.9 Å². The summed E-state index contributed by atoms with van der Waals surface area (Å²) in [6.45, 7) is 1.47. The molecule has 0 spiro atoms. The minimum absolute atomic E-state index is 0.0658. The Balaban J connectivity index is 2.72. The van der Waals surface area contributed by atoms with Crippen LogP contribution in [-0.2, 0) is 9.53 Å². The number of hydrogen-bond acceptors (Lipinski definition) is 6. The Bertz CT molecular complexity index is 390. The summed E-state index contributed by atoms with van der Waals surface area (Å²) in [5, 5.41) is 18.5. The second kappa shape index (κ2) is 5.06. The number of rotatable bonds is 4. The Labute approximate surface area is 91.4 Å². The van der Waals surface area contributed by atoms with Crippen molar-refractivity contribution < 1.29 is 19.4 Å². The van der Waals surface area contributed by atoms with E-state index in [9.17, 15) is 9.59 Å². The topological polar surface area (TPSA) is 101 Å². The molecule has 1 aromatic heterocycles. The zero-order chi connectivity index (χ0) is 12.1. The number of carbonyl (C=O) groups excluding carboxylic acids is 1. The number of carbonyl (C=O) groups is 2. The monoisotopic (exact) mass is 225 g/mol. The molecular formula is C9H11N3O4. The number of carboxylic acids is 1. The van der Waals surface area contributed by atoms with Crippen LogP contribution < -0.4 is 5.32 Å². The number of esters is 1. The molecule has 86 valence electrons. The van der Waals surface area contributed by atoms with Crippen LogP contribution in [0.2, 0.25) is 0 Å². The number of nitrogens with one attached hydrogen (secondary N) is 1. The van der Waals surface area contributed by atoms with Gasteiger partial charge in [-0.1, -0.05) is 0 Å². The Morgan fingerprint density at radius 3 is 2.56 bits per heavy atom. The van der Waals surface area contributed by atoms with Crippen LogP contribution in [0.3, 0.4) is 0 Å². The van der Waals surface area contributed by atoms with Gasteiger partial charge in [0.25, 0.3) is 0 Å². The van der Waals surface area contributed by atoms with E-state index in [1.807, 2.05) is 0 Å². The molecule has 7 nitrogen and oxygen atoms in total. The highest BCUT2D eigenvalue weighted by Gasteiger charge is 2.12. The smallest absolute Gasteiger partial charge is 0.358 e. The number of ether oxygens (including phenoxy) is 1. The molecule has 0 aliphatic heterocycles. The zero-order valence-electron chi connectivity index (χ0n) is 8.80. The van der Waals surface area contributed by atoms with Crippen molar-refractivity contribution >= 4 is 17.8 Å². The summed E-state index contributed by atoms with van der Waals surface area (Å²) in [5.74, 6) is -1.31. The molecule has 0 fully saturated rings. The van der Waals surface area contributed by atoms with Crippen LogP contribution in [0, 0.1) is 0 Å². The van der Waals surface area contributed by atoms with Crippen LogP contribution in [0.5, 0.6) is 0 Å². The fourth-order valence-corrected chi connectivity index (χ4v) is 0.906. The van der Waals surface area contributed by atoms with E-state index in [-0.39, 0.29) is 11.5 Å². The van der Waals surface area contributed by atoms with Gasteiger partial charge >= 0.3 is 11.9 Å². The van der Waals surface area contributed by atoms with Crippen molar-refractivity contribution in [3.05, 3.63) is 17.8 Å². The number of carboxylic acid groups (broad SMARTS) is 1. The molecule has 0 radical (unpaired) electrons.